The topological polar surface area (TPSA) is 97.5 Å². The van der Waals surface area contributed by atoms with Gasteiger partial charge >= 0.3 is 0 Å². The van der Waals surface area contributed by atoms with Gasteiger partial charge in [0, 0.05) is 42.8 Å². The fourth-order valence-electron chi connectivity index (χ4n) is 3.98. The number of aromatic nitrogens is 4. The molecule has 4 N–H and O–H groups in total. The van der Waals surface area contributed by atoms with Crippen molar-refractivity contribution in [3.63, 3.8) is 0 Å². The van der Waals surface area contributed by atoms with Gasteiger partial charge in [-0.25, -0.2) is 9.97 Å². The molecule has 2 aromatic heterocycles. The van der Waals surface area contributed by atoms with Gasteiger partial charge in [0.25, 0.3) is 0 Å². The van der Waals surface area contributed by atoms with Gasteiger partial charge in [-0.1, -0.05) is 36.4 Å². The lowest BCUT2D eigenvalue weighted by Crippen LogP contribution is -2.11. The number of hydrogen-bond acceptors (Lipinski definition) is 4. The van der Waals surface area contributed by atoms with Crippen molar-refractivity contribution in [2.75, 3.05) is 5.32 Å². The highest BCUT2D eigenvalue weighted by molar-refractivity contribution is 5.95. The first-order valence-electron chi connectivity index (χ1n) is 10.8. The zero-order valence-corrected chi connectivity index (χ0v) is 19.6. The third-order valence-corrected chi connectivity index (χ3v) is 5.78. The van der Waals surface area contributed by atoms with E-state index in [1.54, 1.807) is 0 Å². The van der Waals surface area contributed by atoms with Gasteiger partial charge in [-0.3, -0.25) is 5.41 Å². The number of imidazole rings is 2. The van der Waals surface area contributed by atoms with Gasteiger partial charge in [0.1, 0.15) is 17.5 Å². The number of aryl methyl sites for hydroxylation is 1. The van der Waals surface area contributed by atoms with Gasteiger partial charge in [0.2, 0.25) is 0 Å². The van der Waals surface area contributed by atoms with Gasteiger partial charge in [-0.2, -0.15) is 0 Å². The van der Waals surface area contributed by atoms with Crippen molar-refractivity contribution >= 4 is 35.0 Å². The highest BCUT2D eigenvalue weighted by Gasteiger charge is 2.11. The monoisotopic (exact) mass is 471 g/mol. The van der Waals surface area contributed by atoms with E-state index in [0.717, 1.165) is 40.5 Å². The zero-order chi connectivity index (χ0) is 22.8. The summed E-state index contributed by atoms with van der Waals surface area (Å²) in [7, 11) is 2.04. The molecule has 172 valence electrons. The summed E-state index contributed by atoms with van der Waals surface area (Å²) < 4.78 is 4.27. The molecule has 0 bridgehead atoms. The molecule has 0 unspecified atom stereocenters. The maximum atomic E-state index is 7.51. The van der Waals surface area contributed by atoms with Crippen molar-refractivity contribution in [2.45, 2.75) is 13.1 Å². The molecule has 8 heteroatoms. The Morgan fingerprint density at radius 2 is 1.79 bits per heavy atom. The molecule has 0 saturated carbocycles. The van der Waals surface area contributed by atoms with Crippen LogP contribution in [0.4, 0.5) is 5.69 Å². The van der Waals surface area contributed by atoms with E-state index in [0.29, 0.717) is 12.1 Å². The van der Waals surface area contributed by atoms with Crippen LogP contribution in [0.5, 0.6) is 0 Å². The number of halogens is 1. The molecule has 0 aliphatic carbocycles. The van der Waals surface area contributed by atoms with Crippen molar-refractivity contribution in [2.24, 2.45) is 12.8 Å². The van der Waals surface area contributed by atoms with Gasteiger partial charge in [0.05, 0.1) is 17.6 Å². The molecule has 0 aliphatic rings. The number of nitrogen functional groups attached to an aromatic ring is 1. The first-order valence-corrected chi connectivity index (χ1v) is 10.8. The number of nitrogens with zero attached hydrogens (tertiary/aromatic N) is 4. The van der Waals surface area contributed by atoms with Crippen molar-refractivity contribution in [1.82, 2.24) is 19.1 Å². The van der Waals surface area contributed by atoms with E-state index in [1.807, 2.05) is 61.9 Å². The smallest absolute Gasteiger partial charge is 0.140 e. The number of benzene rings is 3. The van der Waals surface area contributed by atoms with E-state index >= 15 is 0 Å². The molecule has 0 saturated heterocycles. The van der Waals surface area contributed by atoms with Crippen LogP contribution in [0.15, 0.2) is 85.2 Å². The number of rotatable bonds is 7. The van der Waals surface area contributed by atoms with Crippen molar-refractivity contribution in [3.8, 4) is 11.4 Å². The summed E-state index contributed by atoms with van der Waals surface area (Å²) in [5.74, 6) is 1.97. The van der Waals surface area contributed by atoms with Crippen LogP contribution >= 0.6 is 12.4 Å². The van der Waals surface area contributed by atoms with Crippen molar-refractivity contribution in [3.05, 3.63) is 102 Å². The minimum atomic E-state index is 0. The second kappa shape index (κ2) is 9.80. The van der Waals surface area contributed by atoms with E-state index in [2.05, 4.69) is 49.8 Å². The molecule has 7 nitrogen and oxygen atoms in total. The first kappa shape index (κ1) is 23.1. The predicted octanol–water partition coefficient (Wildman–Crippen LogP) is 4.80. The third kappa shape index (κ3) is 4.65. The third-order valence-electron chi connectivity index (χ3n) is 5.78. The number of amidine groups is 1. The Kier molecular flexibility index (Phi) is 6.65. The van der Waals surface area contributed by atoms with Crippen LogP contribution in [-0.4, -0.2) is 24.9 Å². The highest BCUT2D eigenvalue weighted by Crippen LogP contribution is 2.21. The molecule has 0 radical (unpaired) electrons. The van der Waals surface area contributed by atoms with Crippen LogP contribution < -0.4 is 11.1 Å². The van der Waals surface area contributed by atoms with Crippen LogP contribution in [0.25, 0.3) is 22.4 Å². The summed E-state index contributed by atoms with van der Waals surface area (Å²) in [5.41, 5.74) is 11.5. The average molecular weight is 472 g/mol. The van der Waals surface area contributed by atoms with Crippen LogP contribution in [0.3, 0.4) is 0 Å². The molecule has 5 rings (SSSR count). The molecule has 3 aromatic carbocycles. The van der Waals surface area contributed by atoms with E-state index < -0.39 is 0 Å². The molecular weight excluding hydrogens is 446 g/mol. The quantitative estimate of drug-likeness (QED) is 0.234. The van der Waals surface area contributed by atoms with E-state index in [9.17, 15) is 0 Å². The Morgan fingerprint density at radius 1 is 1.03 bits per heavy atom. The van der Waals surface area contributed by atoms with E-state index in [4.69, 9.17) is 16.1 Å². The second-order valence-electron chi connectivity index (χ2n) is 8.00. The maximum absolute atomic E-state index is 7.51. The highest BCUT2D eigenvalue weighted by atomic mass is 35.5. The molecule has 2 heterocycles. The SMILES string of the molecule is Cl.Cn1c(CNc2ccc(C(=N)N)cc2)nc2cc(Cn3ccnc3-c3ccccc3)ccc21. The number of hydrogen-bond donors (Lipinski definition) is 3. The minimum absolute atomic E-state index is 0. The van der Waals surface area contributed by atoms with Gasteiger partial charge in [-0.05, 0) is 42.0 Å². The molecule has 5 aromatic rings. The standard InChI is InChI=1S/C26H25N7.ClH/c1-32-23-12-7-18(17-33-14-13-29-26(33)20-5-3-2-4-6-20)15-22(23)31-24(32)16-30-21-10-8-19(9-11-21)25(27)28;/h2-15,30H,16-17H2,1H3,(H3,27,28);1H. The lowest BCUT2D eigenvalue weighted by Gasteiger charge is -2.08. The zero-order valence-electron chi connectivity index (χ0n) is 18.8. The summed E-state index contributed by atoms with van der Waals surface area (Å²) in [5, 5.41) is 10.9. The molecule has 0 fully saturated rings. The van der Waals surface area contributed by atoms with Crippen molar-refractivity contribution < 1.29 is 0 Å². The molecular formula is C26H26ClN7. The van der Waals surface area contributed by atoms with Crippen LogP contribution in [0, 0.1) is 5.41 Å². The number of anilines is 1. The molecule has 34 heavy (non-hydrogen) atoms. The van der Waals surface area contributed by atoms with Gasteiger partial charge in [-0.15, -0.1) is 12.4 Å². The van der Waals surface area contributed by atoms with E-state index in [1.165, 1.54) is 5.56 Å². The molecule has 0 atom stereocenters. The number of nitrogens with one attached hydrogen (secondary N) is 2. The largest absolute Gasteiger partial charge is 0.384 e. The van der Waals surface area contributed by atoms with Gasteiger partial charge in [0.15, 0.2) is 0 Å². The Morgan fingerprint density at radius 3 is 2.53 bits per heavy atom. The lowest BCUT2D eigenvalue weighted by atomic mass is 10.2. The van der Waals surface area contributed by atoms with Crippen LogP contribution in [0.1, 0.15) is 17.0 Å². The van der Waals surface area contributed by atoms with Gasteiger partial charge < -0.3 is 20.2 Å². The number of nitrogens with two attached hydrogens (primary N) is 1. The van der Waals surface area contributed by atoms with Crippen molar-refractivity contribution in [1.29, 1.82) is 5.41 Å². The Bertz CT molecular complexity index is 1420. The summed E-state index contributed by atoms with van der Waals surface area (Å²) in [4.78, 5) is 9.41. The van der Waals surface area contributed by atoms with Crippen LogP contribution in [0.2, 0.25) is 0 Å². The summed E-state index contributed by atoms with van der Waals surface area (Å²) >= 11 is 0. The fourth-order valence-corrected chi connectivity index (χ4v) is 3.98. The molecule has 0 amide bonds. The fraction of sp³-hybridized carbons (Fsp3) is 0.115. The summed E-state index contributed by atoms with van der Waals surface area (Å²) in [6.07, 6.45) is 3.85. The maximum Gasteiger partial charge on any atom is 0.140 e. The molecule has 0 aliphatic heterocycles. The molecule has 0 spiro atoms. The van der Waals surface area contributed by atoms with E-state index in [-0.39, 0.29) is 18.2 Å². The predicted molar refractivity (Wildman–Crippen MR) is 140 cm³/mol. The first-order chi connectivity index (χ1) is 16.1. The second-order valence-corrected chi connectivity index (χ2v) is 8.00. The Labute approximate surface area is 204 Å². The summed E-state index contributed by atoms with van der Waals surface area (Å²) in [6.45, 7) is 1.33. The normalized spacial score (nSPS) is 10.7. The Hall–Kier alpha value is -4.10. The summed E-state index contributed by atoms with van der Waals surface area (Å²) in [6, 6.07) is 24.2. The number of fused-ring (bicyclic) bond motifs is 1. The average Bonchev–Trinajstić information content (AvgIpc) is 3.42. The van der Waals surface area contributed by atoms with Crippen LogP contribution in [-0.2, 0) is 20.1 Å². The minimum Gasteiger partial charge on any atom is -0.384 e. The lowest BCUT2D eigenvalue weighted by molar-refractivity contribution is 0.808. The Balaban J connectivity index is 0.00000274.